The summed E-state index contributed by atoms with van der Waals surface area (Å²) in [7, 11) is -3.72. The van der Waals surface area contributed by atoms with E-state index in [1.807, 2.05) is 35.7 Å². The SMILES string of the molecule is O=C(NCCc1csc(-c2ccccc2)n1)[C@H]1CCCN1S(=O)(=O)c1ccc(Cl)s1. The van der Waals surface area contributed by atoms with Gasteiger partial charge in [-0.3, -0.25) is 4.79 Å². The van der Waals surface area contributed by atoms with Gasteiger partial charge < -0.3 is 5.32 Å². The summed E-state index contributed by atoms with van der Waals surface area (Å²) in [5.41, 5.74) is 1.97. The van der Waals surface area contributed by atoms with Crippen molar-refractivity contribution in [2.24, 2.45) is 0 Å². The lowest BCUT2D eigenvalue weighted by molar-refractivity contribution is -0.124. The molecule has 158 valence electrons. The number of carbonyl (C=O) groups excluding carboxylic acids is 1. The average molecular weight is 482 g/mol. The zero-order valence-electron chi connectivity index (χ0n) is 16.0. The zero-order chi connectivity index (χ0) is 21.1. The second kappa shape index (κ2) is 9.15. The number of thiophene rings is 1. The molecule has 0 spiro atoms. The number of rotatable bonds is 7. The molecule has 0 bridgehead atoms. The van der Waals surface area contributed by atoms with Gasteiger partial charge in [0.25, 0.3) is 10.0 Å². The highest BCUT2D eigenvalue weighted by Gasteiger charge is 2.39. The minimum absolute atomic E-state index is 0.170. The molecule has 30 heavy (non-hydrogen) atoms. The van der Waals surface area contributed by atoms with Gasteiger partial charge in [0.1, 0.15) is 15.3 Å². The summed E-state index contributed by atoms with van der Waals surface area (Å²) < 4.78 is 27.6. The molecule has 0 unspecified atom stereocenters. The van der Waals surface area contributed by atoms with Crippen LogP contribution in [0.1, 0.15) is 18.5 Å². The van der Waals surface area contributed by atoms with Crippen molar-refractivity contribution in [2.75, 3.05) is 13.1 Å². The minimum atomic E-state index is -3.72. The fourth-order valence-electron chi connectivity index (χ4n) is 3.41. The van der Waals surface area contributed by atoms with E-state index in [1.165, 1.54) is 10.4 Å². The number of hydrogen-bond donors (Lipinski definition) is 1. The Morgan fingerprint density at radius 2 is 2.03 bits per heavy atom. The first-order valence-electron chi connectivity index (χ1n) is 9.50. The average Bonchev–Trinajstić information content (AvgIpc) is 3.49. The van der Waals surface area contributed by atoms with E-state index in [-0.39, 0.29) is 10.1 Å². The lowest BCUT2D eigenvalue weighted by Gasteiger charge is -2.22. The number of aromatic nitrogens is 1. The molecule has 0 radical (unpaired) electrons. The first kappa shape index (κ1) is 21.5. The second-order valence-electron chi connectivity index (χ2n) is 6.88. The van der Waals surface area contributed by atoms with Crippen LogP contribution in [0.5, 0.6) is 0 Å². The molecule has 10 heteroatoms. The molecule has 0 saturated carbocycles. The maximum atomic E-state index is 12.9. The summed E-state index contributed by atoms with van der Waals surface area (Å²) in [5, 5.41) is 5.81. The van der Waals surface area contributed by atoms with Crippen molar-refractivity contribution in [3.63, 3.8) is 0 Å². The summed E-state index contributed by atoms with van der Waals surface area (Å²) in [4.78, 5) is 17.3. The van der Waals surface area contributed by atoms with Gasteiger partial charge in [-0.25, -0.2) is 13.4 Å². The lowest BCUT2D eigenvalue weighted by atomic mass is 10.2. The number of sulfonamides is 1. The monoisotopic (exact) mass is 481 g/mol. The van der Waals surface area contributed by atoms with Crippen molar-refractivity contribution in [2.45, 2.75) is 29.5 Å². The Morgan fingerprint density at radius 1 is 1.23 bits per heavy atom. The van der Waals surface area contributed by atoms with E-state index in [9.17, 15) is 13.2 Å². The molecule has 1 N–H and O–H groups in total. The number of thiazole rings is 1. The van der Waals surface area contributed by atoms with Crippen LogP contribution in [0, 0.1) is 0 Å². The topological polar surface area (TPSA) is 79.4 Å². The fourth-order valence-corrected chi connectivity index (χ4v) is 7.54. The van der Waals surface area contributed by atoms with Crippen molar-refractivity contribution in [1.82, 2.24) is 14.6 Å². The largest absolute Gasteiger partial charge is 0.354 e. The van der Waals surface area contributed by atoms with E-state index in [0.717, 1.165) is 27.6 Å². The number of amides is 1. The molecular formula is C20H20ClN3O3S3. The summed E-state index contributed by atoms with van der Waals surface area (Å²) >= 11 is 8.47. The molecular weight excluding hydrogens is 462 g/mol. The van der Waals surface area contributed by atoms with E-state index >= 15 is 0 Å². The summed E-state index contributed by atoms with van der Waals surface area (Å²) in [5.74, 6) is -0.266. The first-order valence-corrected chi connectivity index (χ1v) is 13.0. The lowest BCUT2D eigenvalue weighted by Crippen LogP contribution is -2.46. The van der Waals surface area contributed by atoms with E-state index in [2.05, 4.69) is 10.3 Å². The van der Waals surface area contributed by atoms with Crippen LogP contribution >= 0.6 is 34.3 Å². The highest BCUT2D eigenvalue weighted by Crippen LogP contribution is 2.32. The molecule has 4 rings (SSSR count). The van der Waals surface area contributed by atoms with Crippen LogP contribution in [0.25, 0.3) is 10.6 Å². The number of hydrogen-bond acceptors (Lipinski definition) is 6. The number of benzene rings is 1. The van der Waals surface area contributed by atoms with E-state index < -0.39 is 16.1 Å². The number of nitrogens with zero attached hydrogens (tertiary/aromatic N) is 2. The number of nitrogens with one attached hydrogen (secondary N) is 1. The van der Waals surface area contributed by atoms with Gasteiger partial charge in [-0.05, 0) is 25.0 Å². The maximum Gasteiger partial charge on any atom is 0.253 e. The third kappa shape index (κ3) is 4.60. The van der Waals surface area contributed by atoms with Crippen molar-refractivity contribution >= 4 is 50.2 Å². The molecule has 3 heterocycles. The van der Waals surface area contributed by atoms with Crippen molar-refractivity contribution in [1.29, 1.82) is 0 Å². The number of halogens is 1. The van der Waals surface area contributed by atoms with Gasteiger partial charge in [0.15, 0.2) is 0 Å². The molecule has 1 aliphatic heterocycles. The van der Waals surface area contributed by atoms with E-state index in [1.54, 1.807) is 17.4 Å². The Kier molecular flexibility index (Phi) is 6.54. The predicted molar refractivity (Wildman–Crippen MR) is 121 cm³/mol. The normalized spacial score (nSPS) is 17.3. The van der Waals surface area contributed by atoms with Crippen LogP contribution < -0.4 is 5.32 Å². The number of carbonyl (C=O) groups is 1. The molecule has 2 aromatic heterocycles. The Balaban J connectivity index is 1.35. The molecule has 1 atom stereocenters. The molecule has 0 aliphatic carbocycles. The van der Waals surface area contributed by atoms with Gasteiger partial charge >= 0.3 is 0 Å². The first-order chi connectivity index (χ1) is 14.4. The highest BCUT2D eigenvalue weighted by atomic mass is 35.5. The zero-order valence-corrected chi connectivity index (χ0v) is 19.2. The van der Waals surface area contributed by atoms with Crippen LogP contribution in [-0.2, 0) is 21.2 Å². The third-order valence-electron chi connectivity index (χ3n) is 4.87. The van der Waals surface area contributed by atoms with Gasteiger partial charge in [-0.15, -0.1) is 22.7 Å². The molecule has 1 aromatic carbocycles. The predicted octanol–water partition coefficient (Wildman–Crippen LogP) is 4.04. The van der Waals surface area contributed by atoms with Crippen LogP contribution in [0.15, 0.2) is 52.1 Å². The molecule has 1 saturated heterocycles. The molecule has 3 aromatic rings. The fraction of sp³-hybridized carbons (Fsp3) is 0.300. The molecule has 1 fully saturated rings. The van der Waals surface area contributed by atoms with Gasteiger partial charge in [0.2, 0.25) is 5.91 Å². The van der Waals surface area contributed by atoms with Crippen molar-refractivity contribution in [3.05, 3.63) is 57.9 Å². The summed E-state index contributed by atoms with van der Waals surface area (Å²) in [6, 6.07) is 12.3. The van der Waals surface area contributed by atoms with E-state index in [0.29, 0.717) is 36.7 Å². The highest BCUT2D eigenvalue weighted by molar-refractivity contribution is 7.91. The standard InChI is InChI=1S/C20H20ClN3O3S3/c21-17-8-9-18(29-17)30(26,27)24-12-4-7-16(24)19(25)22-11-10-15-13-28-20(23-15)14-5-2-1-3-6-14/h1-3,5-6,8-9,13,16H,4,7,10-12H2,(H,22,25)/t16-/m1/s1. The van der Waals surface area contributed by atoms with Crippen molar-refractivity contribution in [3.8, 4) is 10.6 Å². The maximum absolute atomic E-state index is 12.9. The smallest absolute Gasteiger partial charge is 0.253 e. The Morgan fingerprint density at radius 3 is 2.77 bits per heavy atom. The second-order valence-corrected chi connectivity index (χ2v) is 11.6. The third-order valence-corrected chi connectivity index (χ3v) is 9.42. The van der Waals surface area contributed by atoms with Crippen LogP contribution in [-0.4, -0.2) is 42.7 Å². The van der Waals surface area contributed by atoms with Gasteiger partial charge in [-0.1, -0.05) is 41.9 Å². The van der Waals surface area contributed by atoms with Crippen LogP contribution in [0.2, 0.25) is 4.34 Å². The molecule has 1 aliphatic rings. The van der Waals surface area contributed by atoms with Gasteiger partial charge in [0, 0.05) is 30.5 Å². The van der Waals surface area contributed by atoms with Crippen LogP contribution in [0.4, 0.5) is 0 Å². The molecule has 1 amide bonds. The van der Waals surface area contributed by atoms with Gasteiger partial charge in [-0.2, -0.15) is 4.31 Å². The summed E-state index contributed by atoms with van der Waals surface area (Å²) in [6.45, 7) is 0.745. The Bertz CT molecular complexity index is 1130. The Labute approximate surface area is 188 Å². The van der Waals surface area contributed by atoms with E-state index in [4.69, 9.17) is 11.6 Å². The van der Waals surface area contributed by atoms with Gasteiger partial charge in [0.05, 0.1) is 10.0 Å². The Hall–Kier alpha value is -1.78. The molecule has 6 nitrogen and oxygen atoms in total. The summed E-state index contributed by atoms with van der Waals surface area (Å²) in [6.07, 6.45) is 1.76. The van der Waals surface area contributed by atoms with Crippen molar-refractivity contribution < 1.29 is 13.2 Å². The van der Waals surface area contributed by atoms with Crippen LogP contribution in [0.3, 0.4) is 0 Å². The minimum Gasteiger partial charge on any atom is -0.354 e. The quantitative estimate of drug-likeness (QED) is 0.552.